The van der Waals surface area contributed by atoms with E-state index >= 15 is 0 Å². The summed E-state index contributed by atoms with van der Waals surface area (Å²) in [6.07, 6.45) is 1.20. The van der Waals surface area contributed by atoms with E-state index in [0.29, 0.717) is 0 Å². The van der Waals surface area contributed by atoms with Crippen LogP contribution in [0.4, 0.5) is 5.69 Å². The molecule has 4 heteroatoms. The second-order valence-corrected chi connectivity index (χ2v) is 5.49. The van der Waals surface area contributed by atoms with Crippen LogP contribution in [0.1, 0.15) is 12.0 Å². The molecule has 1 heterocycles. The van der Waals surface area contributed by atoms with E-state index in [2.05, 4.69) is 38.8 Å². The lowest BCUT2D eigenvalue weighted by molar-refractivity contribution is 0.360. The highest BCUT2D eigenvalue weighted by atomic mass is 79.9. The van der Waals surface area contributed by atoms with Crippen molar-refractivity contribution in [2.45, 2.75) is 11.8 Å². The zero-order chi connectivity index (χ0) is 12.3. The number of anilines is 1. The number of halogens is 2. The van der Waals surface area contributed by atoms with Crippen LogP contribution in [-0.4, -0.2) is 38.1 Å². The summed E-state index contributed by atoms with van der Waals surface area (Å²) in [7, 11) is 2.18. The van der Waals surface area contributed by atoms with E-state index in [-0.39, 0.29) is 0 Å². The molecule has 0 saturated carbocycles. The van der Waals surface area contributed by atoms with Crippen LogP contribution in [0.2, 0.25) is 5.02 Å². The minimum atomic E-state index is 0.856. The molecular formula is C13H18BrClN2. The Kier molecular flexibility index (Phi) is 4.71. The molecule has 2 nitrogen and oxygen atoms in total. The third-order valence-corrected chi connectivity index (χ3v) is 4.16. The average molecular weight is 318 g/mol. The fourth-order valence-corrected chi connectivity index (χ4v) is 3.06. The van der Waals surface area contributed by atoms with Crippen molar-refractivity contribution < 1.29 is 0 Å². The minimum absolute atomic E-state index is 0.856. The molecule has 0 aliphatic carbocycles. The molecule has 1 aromatic rings. The van der Waals surface area contributed by atoms with Crippen LogP contribution in [0, 0.1) is 0 Å². The minimum Gasteiger partial charge on any atom is -0.369 e. The molecule has 1 aliphatic rings. The van der Waals surface area contributed by atoms with Gasteiger partial charge in [0.05, 0.1) is 10.7 Å². The SMILES string of the molecule is CN1CCCN(c2c(Cl)cccc2CBr)CC1. The number of nitrogens with zero attached hydrogens (tertiary/aromatic N) is 2. The van der Waals surface area contributed by atoms with Crippen LogP contribution >= 0.6 is 27.5 Å². The van der Waals surface area contributed by atoms with Crippen LogP contribution < -0.4 is 4.90 Å². The standard InChI is InChI=1S/C13H18BrClN2/c1-16-6-3-7-17(9-8-16)13-11(10-14)4-2-5-12(13)15/h2,4-5H,3,6-10H2,1H3. The summed E-state index contributed by atoms with van der Waals surface area (Å²) in [4.78, 5) is 4.80. The molecule has 1 aliphatic heterocycles. The molecule has 0 spiro atoms. The van der Waals surface area contributed by atoms with Gasteiger partial charge in [-0.1, -0.05) is 39.7 Å². The molecule has 0 bridgehead atoms. The Morgan fingerprint density at radius 2 is 2.06 bits per heavy atom. The topological polar surface area (TPSA) is 6.48 Å². The molecule has 2 rings (SSSR count). The molecule has 0 aromatic heterocycles. The summed E-state index contributed by atoms with van der Waals surface area (Å²) in [6.45, 7) is 4.42. The monoisotopic (exact) mass is 316 g/mol. The van der Waals surface area contributed by atoms with Gasteiger partial charge in [0.2, 0.25) is 0 Å². The van der Waals surface area contributed by atoms with Gasteiger partial charge in [-0.05, 0) is 31.6 Å². The van der Waals surface area contributed by atoms with E-state index < -0.39 is 0 Å². The Morgan fingerprint density at radius 1 is 1.24 bits per heavy atom. The predicted molar refractivity (Wildman–Crippen MR) is 78.4 cm³/mol. The van der Waals surface area contributed by atoms with E-state index in [1.807, 2.05) is 12.1 Å². The molecule has 1 fully saturated rings. The first-order valence-electron chi connectivity index (χ1n) is 5.99. The zero-order valence-corrected chi connectivity index (χ0v) is 12.5. The number of alkyl halides is 1. The number of hydrogen-bond donors (Lipinski definition) is 0. The van der Waals surface area contributed by atoms with Crippen molar-refractivity contribution in [2.75, 3.05) is 38.1 Å². The Balaban J connectivity index is 2.26. The lowest BCUT2D eigenvalue weighted by atomic mass is 10.1. The first-order chi connectivity index (χ1) is 8.22. The number of benzene rings is 1. The van der Waals surface area contributed by atoms with Gasteiger partial charge in [-0.3, -0.25) is 0 Å². The average Bonchev–Trinajstić information content (AvgIpc) is 2.54. The van der Waals surface area contributed by atoms with E-state index in [4.69, 9.17) is 11.6 Å². The van der Waals surface area contributed by atoms with Crippen LogP contribution in [0.15, 0.2) is 18.2 Å². The van der Waals surface area contributed by atoms with E-state index in [0.717, 1.165) is 30.0 Å². The molecule has 1 saturated heterocycles. The highest BCUT2D eigenvalue weighted by Crippen LogP contribution is 2.31. The Hall–Kier alpha value is -0.250. The third-order valence-electron chi connectivity index (χ3n) is 3.25. The van der Waals surface area contributed by atoms with Crippen molar-refractivity contribution in [1.82, 2.24) is 4.90 Å². The van der Waals surface area contributed by atoms with Crippen LogP contribution in [0.3, 0.4) is 0 Å². The van der Waals surface area contributed by atoms with Crippen molar-refractivity contribution >= 4 is 33.2 Å². The normalized spacial score (nSPS) is 18.2. The Labute approximate surface area is 117 Å². The Bertz CT molecular complexity index is 384. The van der Waals surface area contributed by atoms with Crippen molar-refractivity contribution in [3.63, 3.8) is 0 Å². The molecular weight excluding hydrogens is 300 g/mol. The fraction of sp³-hybridized carbons (Fsp3) is 0.538. The molecule has 0 radical (unpaired) electrons. The van der Waals surface area contributed by atoms with Gasteiger partial charge < -0.3 is 9.80 Å². The molecule has 1 aromatic carbocycles. The first-order valence-corrected chi connectivity index (χ1v) is 7.49. The van der Waals surface area contributed by atoms with Gasteiger partial charge in [-0.2, -0.15) is 0 Å². The van der Waals surface area contributed by atoms with Gasteiger partial charge in [0.15, 0.2) is 0 Å². The first kappa shape index (κ1) is 13.2. The maximum absolute atomic E-state index is 6.36. The van der Waals surface area contributed by atoms with Crippen molar-refractivity contribution in [2.24, 2.45) is 0 Å². The van der Waals surface area contributed by atoms with Crippen molar-refractivity contribution in [3.8, 4) is 0 Å². The van der Waals surface area contributed by atoms with Crippen LogP contribution in [-0.2, 0) is 5.33 Å². The predicted octanol–water partition coefficient (Wildman–Crippen LogP) is 3.38. The largest absolute Gasteiger partial charge is 0.369 e. The molecule has 0 N–H and O–H groups in total. The number of hydrogen-bond acceptors (Lipinski definition) is 2. The number of para-hydroxylation sites is 1. The maximum atomic E-state index is 6.36. The lowest BCUT2D eigenvalue weighted by Gasteiger charge is -2.26. The van der Waals surface area contributed by atoms with Gasteiger partial charge in [-0.25, -0.2) is 0 Å². The maximum Gasteiger partial charge on any atom is 0.0642 e. The summed E-state index contributed by atoms with van der Waals surface area (Å²) >= 11 is 9.90. The number of rotatable bonds is 2. The second-order valence-electron chi connectivity index (χ2n) is 4.53. The fourth-order valence-electron chi connectivity index (χ4n) is 2.29. The van der Waals surface area contributed by atoms with Gasteiger partial charge in [0, 0.05) is 25.0 Å². The second kappa shape index (κ2) is 6.07. The molecule has 17 heavy (non-hydrogen) atoms. The van der Waals surface area contributed by atoms with Gasteiger partial charge in [0.1, 0.15) is 0 Å². The van der Waals surface area contributed by atoms with Gasteiger partial charge >= 0.3 is 0 Å². The smallest absolute Gasteiger partial charge is 0.0642 e. The molecule has 0 amide bonds. The molecule has 0 unspecified atom stereocenters. The van der Waals surface area contributed by atoms with Gasteiger partial charge in [0.25, 0.3) is 0 Å². The summed E-state index contributed by atoms with van der Waals surface area (Å²) < 4.78 is 0. The zero-order valence-electron chi connectivity index (χ0n) is 10.1. The summed E-state index contributed by atoms with van der Waals surface area (Å²) in [6, 6.07) is 6.15. The summed E-state index contributed by atoms with van der Waals surface area (Å²) in [5.74, 6) is 0. The molecule has 0 atom stereocenters. The highest BCUT2D eigenvalue weighted by Gasteiger charge is 2.17. The molecule has 94 valence electrons. The van der Waals surface area contributed by atoms with Crippen molar-refractivity contribution in [1.29, 1.82) is 0 Å². The number of likely N-dealkylation sites (N-methyl/N-ethyl adjacent to an activating group) is 1. The lowest BCUT2D eigenvalue weighted by Crippen LogP contribution is -2.29. The summed E-state index contributed by atoms with van der Waals surface area (Å²) in [5, 5.41) is 1.72. The van der Waals surface area contributed by atoms with Gasteiger partial charge in [-0.15, -0.1) is 0 Å². The van der Waals surface area contributed by atoms with Crippen LogP contribution in [0.25, 0.3) is 0 Å². The van der Waals surface area contributed by atoms with E-state index in [9.17, 15) is 0 Å². The van der Waals surface area contributed by atoms with E-state index in [1.165, 1.54) is 24.2 Å². The van der Waals surface area contributed by atoms with Crippen molar-refractivity contribution in [3.05, 3.63) is 28.8 Å². The van der Waals surface area contributed by atoms with Crippen LogP contribution in [0.5, 0.6) is 0 Å². The quantitative estimate of drug-likeness (QED) is 0.772. The Morgan fingerprint density at radius 3 is 2.82 bits per heavy atom. The third kappa shape index (κ3) is 3.15. The highest BCUT2D eigenvalue weighted by molar-refractivity contribution is 9.08. The summed E-state index contributed by atoms with van der Waals surface area (Å²) in [5.41, 5.74) is 2.49. The van der Waals surface area contributed by atoms with E-state index in [1.54, 1.807) is 0 Å².